The van der Waals surface area contributed by atoms with E-state index in [9.17, 15) is 0 Å². The van der Waals surface area contributed by atoms with Crippen molar-refractivity contribution in [2.75, 3.05) is 6.61 Å². The lowest BCUT2D eigenvalue weighted by Gasteiger charge is -2.12. The molecule has 14 heavy (non-hydrogen) atoms. The minimum Gasteiger partial charge on any atom is -0.396 e. The van der Waals surface area contributed by atoms with Crippen LogP contribution in [0.2, 0.25) is 0 Å². The van der Waals surface area contributed by atoms with E-state index < -0.39 is 0 Å². The van der Waals surface area contributed by atoms with Gasteiger partial charge in [0.2, 0.25) is 0 Å². The summed E-state index contributed by atoms with van der Waals surface area (Å²) in [5.41, 5.74) is 0.938. The molecule has 1 rings (SSSR count). The van der Waals surface area contributed by atoms with Crippen molar-refractivity contribution in [1.82, 2.24) is 5.16 Å². The van der Waals surface area contributed by atoms with Gasteiger partial charge in [0.05, 0.1) is 5.69 Å². The molecule has 1 atom stereocenters. The van der Waals surface area contributed by atoms with E-state index in [2.05, 4.69) is 25.9 Å². The van der Waals surface area contributed by atoms with Crippen molar-refractivity contribution in [3.63, 3.8) is 0 Å². The Balaban J connectivity index is 2.78. The highest BCUT2D eigenvalue weighted by atomic mass is 16.5. The first-order chi connectivity index (χ1) is 6.45. The van der Waals surface area contributed by atoms with Crippen molar-refractivity contribution < 1.29 is 9.63 Å². The van der Waals surface area contributed by atoms with Gasteiger partial charge in [-0.15, -0.1) is 0 Å². The Labute approximate surface area is 85.1 Å². The molecule has 0 bridgehead atoms. The predicted octanol–water partition coefficient (Wildman–Crippen LogP) is 2.46. The molecule has 3 nitrogen and oxygen atoms in total. The molecule has 0 saturated heterocycles. The minimum atomic E-state index is 0.00415. The summed E-state index contributed by atoms with van der Waals surface area (Å²) in [7, 11) is 0. The second-order valence-corrected chi connectivity index (χ2v) is 4.78. The van der Waals surface area contributed by atoms with Crippen LogP contribution in [0.15, 0.2) is 10.6 Å². The van der Waals surface area contributed by atoms with E-state index in [0.717, 1.165) is 17.9 Å². The summed E-state index contributed by atoms with van der Waals surface area (Å²) in [6.45, 7) is 8.51. The van der Waals surface area contributed by atoms with Crippen molar-refractivity contribution in [3.8, 4) is 0 Å². The van der Waals surface area contributed by atoms with Crippen LogP contribution in [0.1, 0.15) is 51.5 Å². The molecule has 1 heterocycles. The van der Waals surface area contributed by atoms with E-state index >= 15 is 0 Å². The molecular weight excluding hydrogens is 178 g/mol. The van der Waals surface area contributed by atoms with Crippen molar-refractivity contribution in [3.05, 3.63) is 17.5 Å². The molecule has 0 aliphatic carbocycles. The molecule has 1 unspecified atom stereocenters. The normalized spacial score (nSPS) is 14.4. The number of aromatic nitrogens is 1. The summed E-state index contributed by atoms with van der Waals surface area (Å²) in [6, 6.07) is 1.99. The van der Waals surface area contributed by atoms with E-state index in [1.54, 1.807) is 0 Å². The van der Waals surface area contributed by atoms with Gasteiger partial charge in [-0.2, -0.15) is 0 Å². The van der Waals surface area contributed by atoms with Gasteiger partial charge in [0.1, 0.15) is 5.76 Å². The van der Waals surface area contributed by atoms with Crippen molar-refractivity contribution in [1.29, 1.82) is 0 Å². The first kappa shape index (κ1) is 11.2. The van der Waals surface area contributed by atoms with Gasteiger partial charge in [0, 0.05) is 24.0 Å². The summed E-state index contributed by atoms with van der Waals surface area (Å²) in [5.74, 6) is 1.16. The summed E-state index contributed by atoms with van der Waals surface area (Å²) in [5, 5.41) is 12.8. The molecule has 1 aromatic heterocycles. The molecule has 0 fully saturated rings. The quantitative estimate of drug-likeness (QED) is 0.809. The number of rotatable bonds is 3. The highest BCUT2D eigenvalue weighted by molar-refractivity contribution is 5.15. The molecular formula is C11H19NO2. The van der Waals surface area contributed by atoms with Gasteiger partial charge in [-0.3, -0.25) is 0 Å². The van der Waals surface area contributed by atoms with Crippen molar-refractivity contribution in [2.24, 2.45) is 0 Å². The molecule has 1 aromatic rings. The summed E-state index contributed by atoms with van der Waals surface area (Å²) in [4.78, 5) is 0. The maximum atomic E-state index is 8.81. The Hall–Kier alpha value is -0.830. The van der Waals surface area contributed by atoms with Gasteiger partial charge in [0.15, 0.2) is 0 Å². The van der Waals surface area contributed by atoms with Gasteiger partial charge in [0.25, 0.3) is 0 Å². The average molecular weight is 197 g/mol. The van der Waals surface area contributed by atoms with E-state index in [1.807, 2.05) is 13.0 Å². The van der Waals surface area contributed by atoms with Gasteiger partial charge in [-0.05, 0) is 6.42 Å². The largest absolute Gasteiger partial charge is 0.396 e. The van der Waals surface area contributed by atoms with E-state index in [1.165, 1.54) is 0 Å². The zero-order valence-electron chi connectivity index (χ0n) is 9.37. The summed E-state index contributed by atoms with van der Waals surface area (Å²) < 4.78 is 5.26. The zero-order chi connectivity index (χ0) is 10.8. The lowest BCUT2D eigenvalue weighted by molar-refractivity contribution is 0.274. The first-order valence-corrected chi connectivity index (χ1v) is 5.03. The fraction of sp³-hybridized carbons (Fsp3) is 0.727. The number of aliphatic hydroxyl groups excluding tert-OH is 1. The smallest absolute Gasteiger partial charge is 0.142 e. The molecule has 1 N–H and O–H groups in total. The molecule has 0 amide bonds. The average Bonchev–Trinajstić information content (AvgIpc) is 2.51. The van der Waals surface area contributed by atoms with Crippen LogP contribution in [-0.4, -0.2) is 16.9 Å². The Bertz CT molecular complexity index is 286. The van der Waals surface area contributed by atoms with Gasteiger partial charge >= 0.3 is 0 Å². The molecule has 0 radical (unpaired) electrons. The van der Waals surface area contributed by atoms with Gasteiger partial charge in [-0.1, -0.05) is 32.9 Å². The van der Waals surface area contributed by atoms with E-state index in [4.69, 9.17) is 9.63 Å². The third kappa shape index (κ3) is 2.58. The molecule has 0 aromatic carbocycles. The monoisotopic (exact) mass is 197 g/mol. The van der Waals surface area contributed by atoms with E-state index in [0.29, 0.717) is 0 Å². The minimum absolute atomic E-state index is 0.00415. The molecule has 0 aliphatic rings. The van der Waals surface area contributed by atoms with Crippen LogP contribution in [0.25, 0.3) is 0 Å². The van der Waals surface area contributed by atoms with Gasteiger partial charge < -0.3 is 9.63 Å². The Morgan fingerprint density at radius 2 is 2.14 bits per heavy atom. The van der Waals surface area contributed by atoms with Crippen LogP contribution in [0.5, 0.6) is 0 Å². The highest BCUT2D eigenvalue weighted by Gasteiger charge is 2.21. The fourth-order valence-electron chi connectivity index (χ4n) is 1.22. The Morgan fingerprint density at radius 1 is 1.50 bits per heavy atom. The Kier molecular flexibility index (Phi) is 3.32. The van der Waals surface area contributed by atoms with Crippen LogP contribution in [0.3, 0.4) is 0 Å². The highest BCUT2D eigenvalue weighted by Crippen LogP contribution is 2.26. The number of aliphatic hydroxyl groups is 1. The lowest BCUT2D eigenvalue weighted by atomic mass is 9.92. The Morgan fingerprint density at radius 3 is 2.57 bits per heavy atom. The van der Waals surface area contributed by atoms with Crippen LogP contribution in [0.4, 0.5) is 0 Å². The van der Waals surface area contributed by atoms with Gasteiger partial charge in [-0.25, -0.2) is 0 Å². The van der Waals surface area contributed by atoms with Crippen LogP contribution in [-0.2, 0) is 5.41 Å². The van der Waals surface area contributed by atoms with Crippen LogP contribution in [0, 0.1) is 0 Å². The zero-order valence-corrected chi connectivity index (χ0v) is 9.37. The summed E-state index contributed by atoms with van der Waals surface area (Å²) in [6.07, 6.45) is 0.732. The molecule has 3 heteroatoms. The molecule has 0 saturated carbocycles. The fourth-order valence-corrected chi connectivity index (χ4v) is 1.22. The summed E-state index contributed by atoms with van der Waals surface area (Å²) >= 11 is 0. The third-order valence-corrected chi connectivity index (χ3v) is 2.33. The predicted molar refractivity (Wildman–Crippen MR) is 55.3 cm³/mol. The topological polar surface area (TPSA) is 46.3 Å². The maximum Gasteiger partial charge on any atom is 0.142 e. The lowest BCUT2D eigenvalue weighted by Crippen LogP contribution is -2.09. The number of hydrogen-bond acceptors (Lipinski definition) is 3. The molecule has 80 valence electrons. The second-order valence-electron chi connectivity index (χ2n) is 4.78. The van der Waals surface area contributed by atoms with E-state index in [-0.39, 0.29) is 17.9 Å². The molecule has 0 aliphatic heterocycles. The first-order valence-electron chi connectivity index (χ1n) is 5.03. The van der Waals surface area contributed by atoms with Crippen molar-refractivity contribution >= 4 is 0 Å². The van der Waals surface area contributed by atoms with Crippen LogP contribution >= 0.6 is 0 Å². The van der Waals surface area contributed by atoms with Crippen molar-refractivity contribution in [2.45, 2.75) is 45.4 Å². The molecule has 0 spiro atoms. The third-order valence-electron chi connectivity index (χ3n) is 2.33. The van der Waals surface area contributed by atoms with Crippen LogP contribution < -0.4 is 0 Å². The number of hydrogen-bond donors (Lipinski definition) is 1. The SMILES string of the molecule is CC(CCO)c1cc(C(C)(C)C)on1. The standard InChI is InChI=1S/C11H19NO2/c1-8(5-6-13)9-7-10(14-12-9)11(2,3)4/h7-8,13H,5-6H2,1-4H3. The second kappa shape index (κ2) is 4.13. The maximum absolute atomic E-state index is 8.81. The number of nitrogens with zero attached hydrogens (tertiary/aromatic N) is 1.